The Labute approximate surface area is 98.2 Å². The molecular weight excluding hydrogens is 256 g/mol. The van der Waals surface area contributed by atoms with Crippen molar-refractivity contribution in [2.45, 2.75) is 10.6 Å². The number of hydrogen-bond acceptors (Lipinski definition) is 4. The molecule has 0 unspecified atom stereocenters. The van der Waals surface area contributed by atoms with Gasteiger partial charge < -0.3 is 4.74 Å². The van der Waals surface area contributed by atoms with Crippen molar-refractivity contribution in [3.8, 4) is 5.75 Å². The Morgan fingerprint density at radius 2 is 2.13 bits per heavy atom. The molecular formula is C9H11ClO3S2. The van der Waals surface area contributed by atoms with Gasteiger partial charge in [-0.05, 0) is 24.0 Å². The lowest BCUT2D eigenvalue weighted by Gasteiger charge is -2.07. The molecule has 1 aromatic rings. The van der Waals surface area contributed by atoms with Crippen LogP contribution in [0.4, 0.5) is 0 Å². The van der Waals surface area contributed by atoms with Gasteiger partial charge in [-0.25, -0.2) is 8.42 Å². The second-order valence-corrected chi connectivity index (χ2v) is 6.50. The highest BCUT2D eigenvalue weighted by Crippen LogP contribution is 2.29. The third-order valence-electron chi connectivity index (χ3n) is 1.79. The Morgan fingerprint density at radius 1 is 1.47 bits per heavy atom. The third-order valence-corrected chi connectivity index (χ3v) is 3.55. The van der Waals surface area contributed by atoms with E-state index in [9.17, 15) is 8.42 Å². The smallest absolute Gasteiger partial charge is 0.236 e. The minimum absolute atomic E-state index is 0.161. The van der Waals surface area contributed by atoms with E-state index < -0.39 is 9.05 Å². The minimum atomic E-state index is -3.50. The van der Waals surface area contributed by atoms with Crippen molar-refractivity contribution >= 4 is 31.5 Å². The predicted octanol–water partition coefficient (Wildman–Crippen LogP) is 2.49. The number of methoxy groups -OCH3 is 1. The maximum absolute atomic E-state index is 10.9. The molecule has 0 aliphatic heterocycles. The first kappa shape index (κ1) is 12.7. The van der Waals surface area contributed by atoms with E-state index in [0.717, 1.165) is 10.6 Å². The fourth-order valence-electron chi connectivity index (χ4n) is 1.17. The summed E-state index contributed by atoms with van der Waals surface area (Å²) in [7, 11) is 3.25. The first-order valence-electron chi connectivity index (χ1n) is 4.09. The van der Waals surface area contributed by atoms with Gasteiger partial charge in [0.15, 0.2) is 0 Å². The molecule has 1 aromatic carbocycles. The van der Waals surface area contributed by atoms with Crippen molar-refractivity contribution in [1.82, 2.24) is 0 Å². The summed E-state index contributed by atoms with van der Waals surface area (Å²) in [6.07, 6.45) is 1.90. The summed E-state index contributed by atoms with van der Waals surface area (Å²) in [4.78, 5) is 0.898. The van der Waals surface area contributed by atoms with E-state index in [1.807, 2.05) is 6.26 Å². The zero-order chi connectivity index (χ0) is 11.5. The van der Waals surface area contributed by atoms with Gasteiger partial charge in [0, 0.05) is 15.6 Å². The van der Waals surface area contributed by atoms with Crippen LogP contribution in [0.15, 0.2) is 23.1 Å². The van der Waals surface area contributed by atoms with E-state index in [-0.39, 0.29) is 5.75 Å². The molecule has 15 heavy (non-hydrogen) atoms. The van der Waals surface area contributed by atoms with Crippen LogP contribution in [0.2, 0.25) is 0 Å². The fourth-order valence-corrected chi connectivity index (χ4v) is 2.75. The van der Waals surface area contributed by atoms with Gasteiger partial charge in [-0.2, -0.15) is 0 Å². The molecule has 0 N–H and O–H groups in total. The molecule has 0 spiro atoms. The Balaban J connectivity index is 3.03. The topological polar surface area (TPSA) is 43.4 Å². The van der Waals surface area contributed by atoms with Gasteiger partial charge in [0.2, 0.25) is 9.05 Å². The van der Waals surface area contributed by atoms with E-state index in [4.69, 9.17) is 15.4 Å². The molecule has 0 saturated heterocycles. The van der Waals surface area contributed by atoms with Crippen molar-refractivity contribution in [1.29, 1.82) is 0 Å². The van der Waals surface area contributed by atoms with E-state index in [2.05, 4.69) is 0 Å². The molecule has 0 radical (unpaired) electrons. The predicted molar refractivity (Wildman–Crippen MR) is 63.3 cm³/mol. The molecule has 0 heterocycles. The Bertz CT molecular complexity index is 443. The van der Waals surface area contributed by atoms with Crippen LogP contribution in [0.1, 0.15) is 5.56 Å². The lowest BCUT2D eigenvalue weighted by Crippen LogP contribution is -1.96. The molecule has 0 aliphatic rings. The summed E-state index contributed by atoms with van der Waals surface area (Å²) in [5.74, 6) is 0.574. The quantitative estimate of drug-likeness (QED) is 0.620. The summed E-state index contributed by atoms with van der Waals surface area (Å²) in [5, 5.41) is 0. The maximum atomic E-state index is 10.9. The molecule has 0 amide bonds. The van der Waals surface area contributed by atoms with E-state index >= 15 is 0 Å². The maximum Gasteiger partial charge on any atom is 0.236 e. The van der Waals surface area contributed by atoms with E-state index in [0.29, 0.717) is 5.56 Å². The molecule has 0 saturated carbocycles. The van der Waals surface area contributed by atoms with Crippen molar-refractivity contribution in [3.63, 3.8) is 0 Å². The average molecular weight is 267 g/mol. The van der Waals surface area contributed by atoms with Gasteiger partial charge in [0.1, 0.15) is 5.75 Å². The largest absolute Gasteiger partial charge is 0.496 e. The zero-order valence-corrected chi connectivity index (χ0v) is 10.7. The van der Waals surface area contributed by atoms with Crippen LogP contribution < -0.4 is 4.74 Å². The van der Waals surface area contributed by atoms with Crippen molar-refractivity contribution in [2.24, 2.45) is 0 Å². The fraction of sp³-hybridized carbons (Fsp3) is 0.333. The Hall–Kier alpha value is -0.390. The standard InChI is InChI=1S/C9H11ClO3S2/c1-13-8-4-3-7(5-9(8)14-2)6-15(10,11)12/h3-5H,6H2,1-2H3. The number of rotatable bonds is 4. The first-order chi connectivity index (χ1) is 6.96. The van der Waals surface area contributed by atoms with Crippen LogP contribution in [-0.4, -0.2) is 21.8 Å². The van der Waals surface area contributed by atoms with Crippen molar-refractivity contribution < 1.29 is 13.2 Å². The lowest BCUT2D eigenvalue weighted by molar-refractivity contribution is 0.404. The highest BCUT2D eigenvalue weighted by molar-refractivity contribution is 8.13. The highest BCUT2D eigenvalue weighted by atomic mass is 35.7. The molecule has 0 atom stereocenters. The summed E-state index contributed by atoms with van der Waals surface area (Å²) in [5.41, 5.74) is 0.662. The van der Waals surface area contributed by atoms with Crippen LogP contribution in [0, 0.1) is 0 Å². The SMILES string of the molecule is COc1ccc(CS(=O)(=O)Cl)cc1SC. The Morgan fingerprint density at radius 3 is 2.60 bits per heavy atom. The summed E-state index contributed by atoms with van der Waals surface area (Å²) in [6, 6.07) is 5.20. The molecule has 0 fully saturated rings. The third kappa shape index (κ3) is 3.93. The van der Waals surface area contributed by atoms with Gasteiger partial charge in [-0.3, -0.25) is 0 Å². The molecule has 0 bridgehead atoms. The second kappa shape index (κ2) is 5.09. The van der Waals surface area contributed by atoms with Crippen LogP contribution in [0.25, 0.3) is 0 Å². The monoisotopic (exact) mass is 266 g/mol. The van der Waals surface area contributed by atoms with Gasteiger partial charge in [-0.1, -0.05) is 6.07 Å². The number of halogens is 1. The number of ether oxygens (including phenoxy) is 1. The molecule has 0 aromatic heterocycles. The molecule has 84 valence electrons. The second-order valence-electron chi connectivity index (χ2n) is 2.87. The minimum Gasteiger partial charge on any atom is -0.496 e. The van der Waals surface area contributed by atoms with Gasteiger partial charge in [0.25, 0.3) is 0 Å². The van der Waals surface area contributed by atoms with Crippen LogP contribution in [0.5, 0.6) is 5.75 Å². The van der Waals surface area contributed by atoms with Crippen LogP contribution in [0.3, 0.4) is 0 Å². The van der Waals surface area contributed by atoms with E-state index in [1.165, 1.54) is 11.8 Å². The summed E-state index contributed by atoms with van der Waals surface area (Å²) in [6.45, 7) is 0. The normalized spacial score (nSPS) is 11.4. The molecule has 3 nitrogen and oxygen atoms in total. The Kier molecular flexibility index (Phi) is 4.31. The van der Waals surface area contributed by atoms with E-state index in [1.54, 1.807) is 25.3 Å². The van der Waals surface area contributed by atoms with Gasteiger partial charge in [-0.15, -0.1) is 11.8 Å². The summed E-state index contributed by atoms with van der Waals surface area (Å²) >= 11 is 1.50. The molecule has 1 rings (SSSR count). The summed E-state index contributed by atoms with van der Waals surface area (Å²) < 4.78 is 26.9. The van der Waals surface area contributed by atoms with Crippen LogP contribution >= 0.6 is 22.4 Å². The number of hydrogen-bond donors (Lipinski definition) is 0. The van der Waals surface area contributed by atoms with Crippen LogP contribution in [-0.2, 0) is 14.8 Å². The highest BCUT2D eigenvalue weighted by Gasteiger charge is 2.09. The zero-order valence-electron chi connectivity index (χ0n) is 8.36. The van der Waals surface area contributed by atoms with Crippen molar-refractivity contribution in [3.05, 3.63) is 23.8 Å². The number of thioether (sulfide) groups is 1. The molecule has 6 heteroatoms. The molecule has 0 aliphatic carbocycles. The number of benzene rings is 1. The average Bonchev–Trinajstić information content (AvgIpc) is 2.15. The lowest BCUT2D eigenvalue weighted by atomic mass is 10.2. The first-order valence-corrected chi connectivity index (χ1v) is 7.80. The van der Waals surface area contributed by atoms with Crippen molar-refractivity contribution in [2.75, 3.05) is 13.4 Å². The van der Waals surface area contributed by atoms with Gasteiger partial charge >= 0.3 is 0 Å². The van der Waals surface area contributed by atoms with Gasteiger partial charge in [0.05, 0.1) is 12.9 Å².